The fraction of sp³-hybridized carbons (Fsp3) is 1.00. The van der Waals surface area contributed by atoms with Crippen molar-refractivity contribution in [1.29, 1.82) is 0 Å². The van der Waals surface area contributed by atoms with E-state index in [-0.39, 0.29) is 0 Å². The molecule has 1 aliphatic carbocycles. The zero-order chi connectivity index (χ0) is 12.5. The average Bonchev–Trinajstić information content (AvgIpc) is 2.39. The Bertz CT molecular complexity index is 174. The Morgan fingerprint density at radius 1 is 1.00 bits per heavy atom. The summed E-state index contributed by atoms with van der Waals surface area (Å²) in [4.78, 5) is 2.77. The fourth-order valence-corrected chi connectivity index (χ4v) is 3.05. The minimum Gasteiger partial charge on any atom is -0.315 e. The molecule has 2 nitrogen and oxygen atoms in total. The number of unbranched alkanes of at least 4 members (excludes halogenated alkanes) is 2. The van der Waals surface area contributed by atoms with Crippen LogP contribution in [0.25, 0.3) is 0 Å². The minimum absolute atomic E-state index is 0.734. The largest absolute Gasteiger partial charge is 0.315 e. The second kappa shape index (κ2) is 8.93. The molecule has 2 unspecified atom stereocenters. The zero-order valence-corrected chi connectivity index (χ0v) is 12.2. The van der Waals surface area contributed by atoms with Gasteiger partial charge in [-0.2, -0.15) is 0 Å². The molecule has 1 aliphatic rings. The van der Waals surface area contributed by atoms with Gasteiger partial charge >= 0.3 is 0 Å². The van der Waals surface area contributed by atoms with Gasteiger partial charge in [-0.15, -0.1) is 0 Å². The summed E-state index contributed by atoms with van der Waals surface area (Å²) in [7, 11) is 2.14. The summed E-state index contributed by atoms with van der Waals surface area (Å²) in [5, 5.41) is 3.55. The van der Waals surface area contributed by atoms with Crippen molar-refractivity contribution in [2.75, 3.05) is 20.1 Å². The maximum atomic E-state index is 3.55. The fourth-order valence-electron chi connectivity index (χ4n) is 3.05. The molecular formula is C15H32N2. The van der Waals surface area contributed by atoms with E-state index in [0.29, 0.717) is 0 Å². The molecule has 0 bridgehead atoms. The van der Waals surface area contributed by atoms with E-state index in [1.807, 2.05) is 0 Å². The smallest absolute Gasteiger partial charge is 0.0249 e. The van der Waals surface area contributed by atoms with Gasteiger partial charge in [0.1, 0.15) is 0 Å². The van der Waals surface area contributed by atoms with Crippen LogP contribution < -0.4 is 5.32 Å². The predicted octanol–water partition coefficient (Wildman–Crippen LogP) is 3.42. The summed E-state index contributed by atoms with van der Waals surface area (Å²) >= 11 is 0. The highest BCUT2D eigenvalue weighted by atomic mass is 15.2. The number of likely N-dealkylation sites (N-methyl/N-ethyl adjacent to an activating group) is 1. The Kier molecular flexibility index (Phi) is 7.87. The van der Waals surface area contributed by atoms with Crippen LogP contribution in [-0.2, 0) is 0 Å². The van der Waals surface area contributed by atoms with Crippen molar-refractivity contribution in [1.82, 2.24) is 10.2 Å². The molecule has 1 fully saturated rings. The van der Waals surface area contributed by atoms with Gasteiger partial charge in [0.15, 0.2) is 0 Å². The molecule has 1 rings (SSSR count). The summed E-state index contributed by atoms with van der Waals surface area (Å²) in [6.07, 6.45) is 11.0. The first-order chi connectivity index (χ1) is 8.33. The Morgan fingerprint density at radius 2 is 1.59 bits per heavy atom. The van der Waals surface area contributed by atoms with E-state index in [0.717, 1.165) is 12.1 Å². The van der Waals surface area contributed by atoms with Crippen molar-refractivity contribution in [2.24, 2.45) is 0 Å². The molecule has 0 amide bonds. The summed E-state index contributed by atoms with van der Waals surface area (Å²) in [5.74, 6) is 0. The third-order valence-corrected chi connectivity index (χ3v) is 4.17. The molecule has 0 aromatic heterocycles. The topological polar surface area (TPSA) is 15.3 Å². The first kappa shape index (κ1) is 15.0. The molecule has 0 aliphatic heterocycles. The molecular weight excluding hydrogens is 208 g/mol. The van der Waals surface area contributed by atoms with E-state index < -0.39 is 0 Å². The molecule has 2 atom stereocenters. The Labute approximate surface area is 108 Å². The van der Waals surface area contributed by atoms with Gasteiger partial charge in [0.05, 0.1) is 0 Å². The highest BCUT2D eigenvalue weighted by Crippen LogP contribution is 2.23. The van der Waals surface area contributed by atoms with Crippen LogP contribution in [0.15, 0.2) is 0 Å². The normalized spacial score (nSPS) is 25.4. The van der Waals surface area contributed by atoms with Crippen LogP contribution in [0, 0.1) is 0 Å². The van der Waals surface area contributed by atoms with E-state index in [4.69, 9.17) is 0 Å². The summed E-state index contributed by atoms with van der Waals surface area (Å²) in [6.45, 7) is 7.21. The molecule has 0 radical (unpaired) electrons. The van der Waals surface area contributed by atoms with Gasteiger partial charge in [0, 0.05) is 12.1 Å². The van der Waals surface area contributed by atoms with E-state index in [1.54, 1.807) is 0 Å². The van der Waals surface area contributed by atoms with E-state index in [2.05, 4.69) is 31.1 Å². The molecule has 1 N–H and O–H groups in total. The van der Waals surface area contributed by atoms with Crippen molar-refractivity contribution in [3.05, 3.63) is 0 Å². The lowest BCUT2D eigenvalue weighted by atomic mass is 9.89. The first-order valence-electron chi connectivity index (χ1n) is 7.74. The van der Waals surface area contributed by atoms with Gasteiger partial charge in [0.2, 0.25) is 0 Å². The first-order valence-corrected chi connectivity index (χ1v) is 7.74. The molecule has 17 heavy (non-hydrogen) atoms. The molecule has 1 saturated carbocycles. The number of nitrogens with one attached hydrogen (secondary N) is 1. The predicted molar refractivity (Wildman–Crippen MR) is 76.5 cm³/mol. The average molecular weight is 240 g/mol. The van der Waals surface area contributed by atoms with Crippen LogP contribution in [0.5, 0.6) is 0 Å². The summed E-state index contributed by atoms with van der Waals surface area (Å²) < 4.78 is 0. The van der Waals surface area contributed by atoms with Gasteiger partial charge in [0.25, 0.3) is 0 Å². The third-order valence-electron chi connectivity index (χ3n) is 4.17. The van der Waals surface area contributed by atoms with Crippen LogP contribution in [0.4, 0.5) is 0 Å². The van der Waals surface area contributed by atoms with Crippen molar-refractivity contribution < 1.29 is 0 Å². The van der Waals surface area contributed by atoms with E-state index in [9.17, 15) is 0 Å². The molecule has 0 aromatic rings. The van der Waals surface area contributed by atoms with Gasteiger partial charge < -0.3 is 5.32 Å². The van der Waals surface area contributed by atoms with Gasteiger partial charge in [-0.1, -0.05) is 39.5 Å². The van der Waals surface area contributed by atoms with Crippen molar-refractivity contribution >= 4 is 0 Å². The Balaban J connectivity index is 2.51. The van der Waals surface area contributed by atoms with E-state index in [1.165, 1.54) is 64.5 Å². The second-order valence-corrected chi connectivity index (χ2v) is 5.49. The van der Waals surface area contributed by atoms with Crippen molar-refractivity contribution in [3.8, 4) is 0 Å². The molecule has 0 saturated heterocycles. The highest BCUT2D eigenvalue weighted by molar-refractivity contribution is 4.87. The number of nitrogens with zero attached hydrogens (tertiary/aromatic N) is 1. The number of hydrogen-bond donors (Lipinski definition) is 1. The number of hydrogen-bond acceptors (Lipinski definition) is 2. The lowest BCUT2D eigenvalue weighted by Gasteiger charge is -2.40. The van der Waals surface area contributed by atoms with Crippen LogP contribution in [0.1, 0.15) is 65.2 Å². The van der Waals surface area contributed by atoms with Gasteiger partial charge in [-0.3, -0.25) is 4.90 Å². The zero-order valence-electron chi connectivity index (χ0n) is 12.2. The van der Waals surface area contributed by atoms with E-state index >= 15 is 0 Å². The Morgan fingerprint density at radius 3 is 2.12 bits per heavy atom. The number of rotatable bonds is 8. The lowest BCUT2D eigenvalue weighted by molar-refractivity contribution is 0.121. The Hall–Kier alpha value is -0.0800. The van der Waals surface area contributed by atoms with Gasteiger partial charge in [-0.25, -0.2) is 0 Å². The van der Waals surface area contributed by atoms with Crippen molar-refractivity contribution in [2.45, 2.75) is 77.3 Å². The molecule has 102 valence electrons. The lowest BCUT2D eigenvalue weighted by Crippen LogP contribution is -2.51. The van der Waals surface area contributed by atoms with Crippen LogP contribution in [0.3, 0.4) is 0 Å². The van der Waals surface area contributed by atoms with Crippen LogP contribution in [0.2, 0.25) is 0 Å². The molecule has 0 spiro atoms. The van der Waals surface area contributed by atoms with Crippen LogP contribution >= 0.6 is 0 Å². The quantitative estimate of drug-likeness (QED) is 0.699. The maximum Gasteiger partial charge on any atom is 0.0249 e. The van der Waals surface area contributed by atoms with Crippen molar-refractivity contribution in [3.63, 3.8) is 0 Å². The SMILES string of the molecule is CCCCN(CCCC)C1CCCCC1NC. The monoisotopic (exact) mass is 240 g/mol. The third kappa shape index (κ3) is 4.97. The highest BCUT2D eigenvalue weighted by Gasteiger charge is 2.28. The second-order valence-electron chi connectivity index (χ2n) is 5.49. The minimum atomic E-state index is 0.734. The summed E-state index contributed by atoms with van der Waals surface area (Å²) in [5.41, 5.74) is 0. The molecule has 0 heterocycles. The maximum absolute atomic E-state index is 3.55. The van der Waals surface area contributed by atoms with Crippen LogP contribution in [-0.4, -0.2) is 37.1 Å². The standard InChI is InChI=1S/C15H32N2/c1-4-6-12-17(13-7-5-2)15-11-9-8-10-14(15)16-3/h14-16H,4-13H2,1-3H3. The summed E-state index contributed by atoms with van der Waals surface area (Å²) in [6, 6.07) is 1.53. The molecule has 2 heteroatoms. The molecule has 0 aromatic carbocycles. The van der Waals surface area contributed by atoms with Gasteiger partial charge in [-0.05, 0) is 45.8 Å².